The van der Waals surface area contributed by atoms with Gasteiger partial charge in [0.25, 0.3) is 0 Å². The molecule has 19 heavy (non-hydrogen) atoms. The molecule has 1 heterocycles. The first kappa shape index (κ1) is 15.5. The standard InChI is InChI=1S/C10H12F4N2O2S/c1-4(17)7-5(15)6(18-2)8(19-7)16-3-10(13,14)9(11)12/h9,16H,3,15H2,1-2H3. The molecule has 0 atom stereocenters. The van der Waals surface area contributed by atoms with Crippen molar-refractivity contribution in [2.75, 3.05) is 24.7 Å². The molecule has 9 heteroatoms. The number of ether oxygens (including phenoxy) is 1. The molecule has 0 aliphatic carbocycles. The van der Waals surface area contributed by atoms with E-state index in [1.54, 1.807) is 0 Å². The van der Waals surface area contributed by atoms with Crippen molar-refractivity contribution in [2.24, 2.45) is 0 Å². The zero-order chi connectivity index (χ0) is 14.8. The molecule has 1 rings (SSSR count). The van der Waals surface area contributed by atoms with Gasteiger partial charge in [-0.15, -0.1) is 11.3 Å². The Balaban J connectivity index is 2.96. The fourth-order valence-corrected chi connectivity index (χ4v) is 2.27. The van der Waals surface area contributed by atoms with Crippen LogP contribution in [0.15, 0.2) is 0 Å². The number of nitrogens with one attached hydrogen (secondary N) is 1. The van der Waals surface area contributed by atoms with Gasteiger partial charge in [-0.05, 0) is 0 Å². The topological polar surface area (TPSA) is 64.3 Å². The smallest absolute Gasteiger partial charge is 0.324 e. The lowest BCUT2D eigenvalue weighted by Gasteiger charge is -2.16. The van der Waals surface area contributed by atoms with Gasteiger partial charge in [0.15, 0.2) is 11.5 Å². The molecule has 0 saturated carbocycles. The zero-order valence-corrected chi connectivity index (χ0v) is 10.9. The number of carbonyl (C=O) groups is 1. The van der Waals surface area contributed by atoms with Crippen LogP contribution in [0.5, 0.6) is 5.75 Å². The van der Waals surface area contributed by atoms with Crippen LogP contribution in [0.1, 0.15) is 16.6 Å². The van der Waals surface area contributed by atoms with Crippen LogP contribution in [0.3, 0.4) is 0 Å². The maximum absolute atomic E-state index is 12.8. The number of Topliss-reactive ketones (excluding diaryl/α,β-unsaturated/α-hetero) is 1. The summed E-state index contributed by atoms with van der Waals surface area (Å²) in [6.45, 7) is -0.0303. The van der Waals surface area contributed by atoms with E-state index >= 15 is 0 Å². The summed E-state index contributed by atoms with van der Waals surface area (Å²) in [5.74, 6) is -4.55. The van der Waals surface area contributed by atoms with Crippen LogP contribution in [-0.4, -0.2) is 31.8 Å². The molecule has 108 valence electrons. The maximum atomic E-state index is 12.8. The van der Waals surface area contributed by atoms with Gasteiger partial charge in [0.2, 0.25) is 0 Å². The number of nitrogen functional groups attached to an aromatic ring is 1. The zero-order valence-electron chi connectivity index (χ0n) is 10.1. The molecule has 0 bridgehead atoms. The molecule has 0 amide bonds. The van der Waals surface area contributed by atoms with Gasteiger partial charge in [0.05, 0.1) is 24.2 Å². The molecule has 0 aliphatic heterocycles. The summed E-state index contributed by atoms with van der Waals surface area (Å²) >= 11 is 0.782. The van der Waals surface area contributed by atoms with Gasteiger partial charge < -0.3 is 15.8 Å². The third-order valence-electron chi connectivity index (χ3n) is 2.23. The van der Waals surface area contributed by atoms with Crippen molar-refractivity contribution in [3.05, 3.63) is 4.88 Å². The molecule has 0 saturated heterocycles. The molecule has 1 aromatic rings. The number of nitrogens with two attached hydrogens (primary N) is 1. The van der Waals surface area contributed by atoms with Crippen LogP contribution in [0.2, 0.25) is 0 Å². The summed E-state index contributed by atoms with van der Waals surface area (Å²) in [6.07, 6.45) is -3.78. The monoisotopic (exact) mass is 300 g/mol. The Labute approximate surface area is 110 Å². The minimum absolute atomic E-state index is 0.000247. The highest BCUT2D eigenvalue weighted by Crippen LogP contribution is 2.43. The van der Waals surface area contributed by atoms with Gasteiger partial charge >= 0.3 is 12.3 Å². The number of methoxy groups -OCH3 is 1. The summed E-state index contributed by atoms with van der Waals surface area (Å²) in [4.78, 5) is 11.4. The molecule has 0 aromatic carbocycles. The first-order valence-electron chi connectivity index (χ1n) is 5.07. The van der Waals surface area contributed by atoms with Gasteiger partial charge in [0.1, 0.15) is 5.00 Å². The number of anilines is 2. The Kier molecular flexibility index (Phi) is 4.61. The summed E-state index contributed by atoms with van der Waals surface area (Å²) in [6, 6.07) is 0. The lowest BCUT2D eigenvalue weighted by atomic mass is 10.3. The van der Waals surface area contributed by atoms with Crippen molar-refractivity contribution in [3.63, 3.8) is 0 Å². The van der Waals surface area contributed by atoms with Crippen molar-refractivity contribution >= 4 is 27.8 Å². The van der Waals surface area contributed by atoms with Crippen molar-refractivity contribution in [1.82, 2.24) is 0 Å². The first-order valence-corrected chi connectivity index (χ1v) is 5.89. The van der Waals surface area contributed by atoms with Crippen molar-refractivity contribution in [3.8, 4) is 5.75 Å². The molecular weight excluding hydrogens is 288 g/mol. The van der Waals surface area contributed by atoms with E-state index < -0.39 is 18.9 Å². The number of alkyl halides is 4. The minimum atomic E-state index is -4.18. The highest BCUT2D eigenvalue weighted by molar-refractivity contribution is 7.19. The van der Waals surface area contributed by atoms with Gasteiger partial charge in [-0.1, -0.05) is 0 Å². The van der Waals surface area contributed by atoms with E-state index in [1.165, 1.54) is 14.0 Å². The molecule has 3 N–H and O–H groups in total. The summed E-state index contributed by atoms with van der Waals surface area (Å²) in [7, 11) is 1.23. The van der Waals surface area contributed by atoms with Gasteiger partial charge in [-0.3, -0.25) is 4.79 Å². The first-order chi connectivity index (χ1) is 8.70. The number of rotatable bonds is 6. The molecular formula is C10H12F4N2O2S. The van der Waals surface area contributed by atoms with Crippen LogP contribution in [0, 0.1) is 0 Å². The molecule has 0 unspecified atom stereocenters. The number of halogens is 4. The Hall–Kier alpha value is -1.51. The van der Waals surface area contributed by atoms with Crippen LogP contribution in [0.4, 0.5) is 28.3 Å². The third kappa shape index (κ3) is 3.28. The third-order valence-corrected chi connectivity index (χ3v) is 3.47. The second kappa shape index (κ2) is 5.64. The van der Waals surface area contributed by atoms with Crippen molar-refractivity contribution in [1.29, 1.82) is 0 Å². The predicted octanol–water partition coefficient (Wildman–Crippen LogP) is 2.85. The average Bonchev–Trinajstić information content (AvgIpc) is 2.63. The highest BCUT2D eigenvalue weighted by atomic mass is 32.1. The Morgan fingerprint density at radius 3 is 2.53 bits per heavy atom. The second-order valence-electron chi connectivity index (χ2n) is 3.68. The van der Waals surface area contributed by atoms with Crippen LogP contribution >= 0.6 is 11.3 Å². The molecule has 1 aromatic heterocycles. The quantitative estimate of drug-likeness (QED) is 0.626. The molecule has 0 aliphatic rings. The number of ketones is 1. The van der Waals surface area contributed by atoms with E-state index in [9.17, 15) is 22.4 Å². The fraction of sp³-hybridized carbons (Fsp3) is 0.500. The van der Waals surface area contributed by atoms with Crippen LogP contribution < -0.4 is 15.8 Å². The van der Waals surface area contributed by atoms with E-state index in [2.05, 4.69) is 5.32 Å². The van der Waals surface area contributed by atoms with E-state index in [0.717, 1.165) is 11.3 Å². The molecule has 4 nitrogen and oxygen atoms in total. The lowest BCUT2D eigenvalue weighted by Crippen LogP contribution is -2.34. The normalized spacial score (nSPS) is 11.7. The molecule has 0 radical (unpaired) electrons. The van der Waals surface area contributed by atoms with E-state index in [1.807, 2.05) is 0 Å². The molecule has 0 fully saturated rings. The number of hydrogen-bond donors (Lipinski definition) is 2. The fourth-order valence-electron chi connectivity index (χ4n) is 1.28. The van der Waals surface area contributed by atoms with Crippen molar-refractivity contribution < 1.29 is 27.1 Å². The van der Waals surface area contributed by atoms with E-state index in [0.29, 0.717) is 0 Å². The maximum Gasteiger partial charge on any atom is 0.324 e. The second-order valence-corrected chi connectivity index (χ2v) is 4.70. The SMILES string of the molecule is COc1c(NCC(F)(F)C(F)F)sc(C(C)=O)c1N. The summed E-state index contributed by atoms with van der Waals surface area (Å²) in [5, 5.41) is 2.15. The van der Waals surface area contributed by atoms with Crippen molar-refractivity contribution in [2.45, 2.75) is 19.3 Å². The predicted molar refractivity (Wildman–Crippen MR) is 64.7 cm³/mol. The summed E-state index contributed by atoms with van der Waals surface area (Å²) < 4.78 is 54.5. The minimum Gasteiger partial charge on any atom is -0.492 e. The average molecular weight is 300 g/mol. The Morgan fingerprint density at radius 1 is 1.53 bits per heavy atom. The number of hydrogen-bond acceptors (Lipinski definition) is 5. The lowest BCUT2D eigenvalue weighted by molar-refractivity contribution is -0.117. The van der Waals surface area contributed by atoms with Crippen LogP contribution in [0.25, 0.3) is 0 Å². The van der Waals surface area contributed by atoms with E-state index in [4.69, 9.17) is 10.5 Å². The van der Waals surface area contributed by atoms with Gasteiger partial charge in [0, 0.05) is 6.92 Å². The number of carbonyl (C=O) groups excluding carboxylic acids is 1. The van der Waals surface area contributed by atoms with E-state index in [-0.39, 0.29) is 27.1 Å². The number of thiophene rings is 1. The van der Waals surface area contributed by atoms with Crippen LogP contribution in [-0.2, 0) is 0 Å². The summed E-state index contributed by atoms with van der Waals surface area (Å²) in [5.41, 5.74) is 5.61. The molecule has 0 spiro atoms. The Bertz CT molecular complexity index is 476. The Morgan fingerprint density at radius 2 is 2.11 bits per heavy atom. The largest absolute Gasteiger partial charge is 0.492 e. The highest BCUT2D eigenvalue weighted by Gasteiger charge is 2.40. The van der Waals surface area contributed by atoms with Gasteiger partial charge in [-0.25, -0.2) is 8.78 Å². The van der Waals surface area contributed by atoms with Gasteiger partial charge in [-0.2, -0.15) is 8.78 Å².